The zero-order valence-electron chi connectivity index (χ0n) is 31.2. The third kappa shape index (κ3) is 10.1. The molecule has 294 valence electrons. The maximum absolute atomic E-state index is 13.8. The lowest BCUT2D eigenvalue weighted by molar-refractivity contribution is -0.150. The SMILES string of the molecule is CCNC(=O)C(COC(=O)Cc1ccc(NC(=O)c2ccccc2-c2ccc(C(F)(F)F)cc2)c(C(=O)NCc2ccccc2)c1)(C(=O)NCC)c1ccccc1. The van der Waals surface area contributed by atoms with Crippen LogP contribution < -0.4 is 21.3 Å². The second-order valence-electron chi connectivity index (χ2n) is 13.0. The smallest absolute Gasteiger partial charge is 0.416 e. The zero-order valence-corrected chi connectivity index (χ0v) is 31.2. The van der Waals surface area contributed by atoms with E-state index in [1.807, 2.05) is 30.3 Å². The molecule has 0 aliphatic carbocycles. The van der Waals surface area contributed by atoms with Crippen molar-refractivity contribution >= 4 is 35.3 Å². The van der Waals surface area contributed by atoms with E-state index in [2.05, 4.69) is 21.3 Å². The monoisotopic (exact) mass is 778 g/mol. The number of alkyl halides is 3. The van der Waals surface area contributed by atoms with Crippen LogP contribution >= 0.6 is 0 Å². The number of anilines is 1. The number of likely N-dealkylation sites (N-methyl/N-ethyl adjacent to an activating group) is 2. The third-order valence-electron chi connectivity index (χ3n) is 9.08. The predicted molar refractivity (Wildman–Crippen MR) is 209 cm³/mol. The van der Waals surface area contributed by atoms with Crippen LogP contribution in [0, 0.1) is 0 Å². The number of carbonyl (C=O) groups excluding carboxylic acids is 5. The van der Waals surface area contributed by atoms with E-state index in [0.29, 0.717) is 22.3 Å². The molecule has 0 radical (unpaired) electrons. The molecule has 0 heterocycles. The molecule has 4 amide bonds. The van der Waals surface area contributed by atoms with Gasteiger partial charge in [-0.25, -0.2) is 0 Å². The summed E-state index contributed by atoms with van der Waals surface area (Å²) in [5, 5.41) is 11.0. The lowest BCUT2D eigenvalue weighted by Gasteiger charge is -2.31. The second kappa shape index (κ2) is 18.7. The minimum Gasteiger partial charge on any atom is -0.463 e. The molecule has 0 saturated carbocycles. The number of halogens is 3. The molecule has 0 spiro atoms. The van der Waals surface area contributed by atoms with Crippen LogP contribution in [0.25, 0.3) is 11.1 Å². The van der Waals surface area contributed by atoms with Gasteiger partial charge in [0.25, 0.3) is 11.8 Å². The largest absolute Gasteiger partial charge is 0.463 e. The number of hydrogen-bond donors (Lipinski definition) is 4. The minimum absolute atomic E-state index is 0.0138. The van der Waals surface area contributed by atoms with Gasteiger partial charge in [-0.3, -0.25) is 24.0 Å². The minimum atomic E-state index is -4.53. The highest BCUT2D eigenvalue weighted by Crippen LogP contribution is 2.33. The summed E-state index contributed by atoms with van der Waals surface area (Å²) in [4.78, 5) is 68.0. The summed E-state index contributed by atoms with van der Waals surface area (Å²) in [7, 11) is 0. The van der Waals surface area contributed by atoms with Crippen molar-refractivity contribution in [3.8, 4) is 11.1 Å². The van der Waals surface area contributed by atoms with E-state index in [-0.39, 0.29) is 42.9 Å². The van der Waals surface area contributed by atoms with Crippen molar-refractivity contribution in [3.63, 3.8) is 0 Å². The first-order valence-electron chi connectivity index (χ1n) is 18.2. The Labute approximate surface area is 327 Å². The Kier molecular flexibility index (Phi) is 13.6. The van der Waals surface area contributed by atoms with Crippen LogP contribution in [-0.2, 0) is 43.7 Å². The quantitative estimate of drug-likeness (QED) is 0.0677. The van der Waals surface area contributed by atoms with Gasteiger partial charge < -0.3 is 26.0 Å². The van der Waals surface area contributed by atoms with Gasteiger partial charge in [-0.05, 0) is 72.0 Å². The number of amides is 4. The van der Waals surface area contributed by atoms with Crippen molar-refractivity contribution in [3.05, 3.63) is 161 Å². The van der Waals surface area contributed by atoms with E-state index >= 15 is 0 Å². The van der Waals surface area contributed by atoms with Gasteiger partial charge in [0.05, 0.1) is 23.2 Å². The van der Waals surface area contributed by atoms with Gasteiger partial charge in [-0.1, -0.05) is 97.1 Å². The van der Waals surface area contributed by atoms with E-state index in [4.69, 9.17) is 4.74 Å². The molecule has 0 saturated heterocycles. The molecular weight excluding hydrogens is 737 g/mol. The average molecular weight is 779 g/mol. The van der Waals surface area contributed by atoms with Crippen LogP contribution in [0.2, 0.25) is 0 Å². The van der Waals surface area contributed by atoms with Gasteiger partial charge in [0, 0.05) is 25.2 Å². The fourth-order valence-corrected chi connectivity index (χ4v) is 6.16. The van der Waals surface area contributed by atoms with Crippen LogP contribution in [0.3, 0.4) is 0 Å². The number of rotatable bonds is 15. The molecule has 5 aromatic rings. The number of benzene rings is 5. The van der Waals surface area contributed by atoms with Crippen molar-refractivity contribution < 1.29 is 41.9 Å². The first-order valence-corrected chi connectivity index (χ1v) is 18.2. The maximum Gasteiger partial charge on any atom is 0.416 e. The van der Waals surface area contributed by atoms with E-state index in [9.17, 15) is 37.1 Å². The number of ether oxygens (including phenoxy) is 1. The first kappa shape index (κ1) is 41.4. The molecular formula is C44H41F3N4O6. The predicted octanol–water partition coefficient (Wildman–Crippen LogP) is 6.85. The molecule has 0 unspecified atom stereocenters. The average Bonchev–Trinajstić information content (AvgIpc) is 3.21. The molecule has 13 heteroatoms. The number of hydrogen-bond acceptors (Lipinski definition) is 6. The normalized spacial score (nSPS) is 11.2. The number of esters is 1. The van der Waals surface area contributed by atoms with E-state index in [0.717, 1.165) is 17.7 Å². The molecule has 0 bridgehead atoms. The third-order valence-corrected chi connectivity index (χ3v) is 9.08. The summed E-state index contributed by atoms with van der Waals surface area (Å²) in [5.41, 5.74) is -0.269. The van der Waals surface area contributed by atoms with Crippen LogP contribution in [0.1, 0.15) is 56.8 Å². The molecule has 5 rings (SSSR count). The summed E-state index contributed by atoms with van der Waals surface area (Å²) in [6.45, 7) is 3.39. The standard InChI is InChI=1S/C44H41F3N4O6/c1-3-48-41(55)43(42(56)49-4-2,32-15-9-6-10-16-32)28-57-38(52)26-30-19-24-37(36(25-30)39(53)50-27-29-13-7-5-8-14-29)51-40(54)35-18-12-11-17-34(35)31-20-22-33(23-21-31)44(45,46)47/h5-25H,3-4,26-28H2,1-2H3,(H,48,55)(H,49,56)(H,50,53)(H,51,54). The fraction of sp³-hybridized carbons (Fsp3) is 0.205. The van der Waals surface area contributed by atoms with Crippen LogP contribution in [0.15, 0.2) is 127 Å². The fourth-order valence-electron chi connectivity index (χ4n) is 6.16. The Hall–Kier alpha value is -6.76. The molecule has 0 fully saturated rings. The molecule has 10 nitrogen and oxygen atoms in total. The maximum atomic E-state index is 13.8. The van der Waals surface area contributed by atoms with Crippen molar-refractivity contribution in [2.45, 2.75) is 38.4 Å². The lowest BCUT2D eigenvalue weighted by atomic mass is 9.79. The summed E-state index contributed by atoms with van der Waals surface area (Å²) in [6.07, 6.45) is -4.89. The lowest BCUT2D eigenvalue weighted by Crippen LogP contribution is -2.57. The Bertz CT molecular complexity index is 2190. The molecule has 0 aliphatic heterocycles. The highest BCUT2D eigenvalue weighted by atomic mass is 19.4. The Morgan fingerprint density at radius 2 is 1.19 bits per heavy atom. The summed E-state index contributed by atoms with van der Waals surface area (Å²) in [5.74, 6) is -3.29. The molecule has 57 heavy (non-hydrogen) atoms. The Morgan fingerprint density at radius 1 is 0.596 bits per heavy atom. The van der Waals surface area contributed by atoms with Gasteiger partial charge in [0.2, 0.25) is 11.8 Å². The van der Waals surface area contributed by atoms with Crippen molar-refractivity contribution in [1.82, 2.24) is 16.0 Å². The number of nitrogens with one attached hydrogen (secondary N) is 4. The van der Waals surface area contributed by atoms with Crippen molar-refractivity contribution in [2.24, 2.45) is 0 Å². The van der Waals surface area contributed by atoms with Crippen molar-refractivity contribution in [1.29, 1.82) is 0 Å². The van der Waals surface area contributed by atoms with Crippen molar-refractivity contribution in [2.75, 3.05) is 25.0 Å². The van der Waals surface area contributed by atoms with E-state index < -0.39 is 53.4 Å². The highest BCUT2D eigenvalue weighted by Gasteiger charge is 2.48. The summed E-state index contributed by atoms with van der Waals surface area (Å²) < 4.78 is 45.3. The van der Waals surface area contributed by atoms with Gasteiger partial charge in [-0.15, -0.1) is 0 Å². The van der Waals surface area contributed by atoms with E-state index in [1.165, 1.54) is 36.4 Å². The zero-order chi connectivity index (χ0) is 41.0. The van der Waals surface area contributed by atoms with E-state index in [1.54, 1.807) is 62.4 Å². The first-order chi connectivity index (χ1) is 27.4. The van der Waals surface area contributed by atoms with Gasteiger partial charge in [-0.2, -0.15) is 13.2 Å². The van der Waals surface area contributed by atoms with Gasteiger partial charge in [0.15, 0.2) is 5.41 Å². The molecule has 0 atom stereocenters. The molecule has 5 aromatic carbocycles. The second-order valence-corrected chi connectivity index (χ2v) is 13.0. The van der Waals surface area contributed by atoms with Gasteiger partial charge in [0.1, 0.15) is 6.61 Å². The van der Waals surface area contributed by atoms with Crippen LogP contribution in [0.5, 0.6) is 0 Å². The van der Waals surface area contributed by atoms with Crippen LogP contribution in [-0.4, -0.2) is 49.3 Å². The Balaban J connectivity index is 1.42. The van der Waals surface area contributed by atoms with Gasteiger partial charge >= 0.3 is 12.1 Å². The number of carbonyl (C=O) groups is 5. The summed E-state index contributed by atoms with van der Waals surface area (Å²) >= 11 is 0. The summed E-state index contributed by atoms with van der Waals surface area (Å²) in [6, 6.07) is 32.6. The molecule has 0 aromatic heterocycles. The van der Waals surface area contributed by atoms with Crippen LogP contribution in [0.4, 0.5) is 18.9 Å². The molecule has 4 N–H and O–H groups in total. The molecule has 0 aliphatic rings. The topological polar surface area (TPSA) is 143 Å². The highest BCUT2D eigenvalue weighted by molar-refractivity contribution is 6.12. The Morgan fingerprint density at radius 3 is 1.81 bits per heavy atom.